The molecule has 1 aliphatic heterocycles. The van der Waals surface area contributed by atoms with Crippen LogP contribution in [-0.2, 0) is 9.47 Å². The standard InChI is InChI=1S/C11H14O2/c1-4-6-10-9(5-2)7-8-11(12-3)13-10/h4-8,11H,1H2,2-3H3/b9-5-,10-6+. The molecule has 0 amide bonds. The fourth-order valence-corrected chi connectivity index (χ4v) is 1.10. The van der Waals surface area contributed by atoms with E-state index in [4.69, 9.17) is 9.47 Å². The lowest BCUT2D eigenvalue weighted by atomic mass is 10.1. The van der Waals surface area contributed by atoms with Gasteiger partial charge in [0.1, 0.15) is 5.76 Å². The summed E-state index contributed by atoms with van der Waals surface area (Å²) in [5.74, 6) is 0.798. The van der Waals surface area contributed by atoms with Crippen LogP contribution in [0.3, 0.4) is 0 Å². The highest BCUT2D eigenvalue weighted by Crippen LogP contribution is 2.21. The summed E-state index contributed by atoms with van der Waals surface area (Å²) in [7, 11) is 1.61. The van der Waals surface area contributed by atoms with Crippen molar-refractivity contribution >= 4 is 0 Å². The van der Waals surface area contributed by atoms with E-state index in [9.17, 15) is 0 Å². The molecule has 13 heavy (non-hydrogen) atoms. The molecule has 0 radical (unpaired) electrons. The Balaban J connectivity index is 2.89. The molecule has 0 saturated carbocycles. The second kappa shape index (κ2) is 4.67. The zero-order valence-corrected chi connectivity index (χ0v) is 7.99. The molecule has 0 aromatic rings. The van der Waals surface area contributed by atoms with Gasteiger partial charge in [0, 0.05) is 12.7 Å². The molecular weight excluding hydrogens is 164 g/mol. The molecule has 0 aromatic heterocycles. The first-order chi connectivity index (χ1) is 6.31. The average Bonchev–Trinajstić information content (AvgIpc) is 2.18. The molecule has 0 spiro atoms. The molecule has 2 heteroatoms. The normalized spacial score (nSPS) is 27.7. The fourth-order valence-electron chi connectivity index (χ4n) is 1.10. The summed E-state index contributed by atoms with van der Waals surface area (Å²) in [5, 5.41) is 0. The summed E-state index contributed by atoms with van der Waals surface area (Å²) in [6, 6.07) is 0. The monoisotopic (exact) mass is 178 g/mol. The zero-order valence-electron chi connectivity index (χ0n) is 7.99. The number of allylic oxidation sites excluding steroid dienone is 4. The summed E-state index contributed by atoms with van der Waals surface area (Å²) < 4.78 is 10.5. The Morgan fingerprint density at radius 3 is 2.92 bits per heavy atom. The van der Waals surface area contributed by atoms with Crippen molar-refractivity contribution in [3.63, 3.8) is 0 Å². The molecule has 0 N–H and O–H groups in total. The number of hydrogen-bond donors (Lipinski definition) is 0. The molecule has 0 aliphatic carbocycles. The summed E-state index contributed by atoms with van der Waals surface area (Å²) in [5.41, 5.74) is 1.05. The molecule has 1 rings (SSSR count). The van der Waals surface area contributed by atoms with E-state index in [1.807, 2.05) is 31.2 Å². The summed E-state index contributed by atoms with van der Waals surface area (Å²) in [6.45, 7) is 5.59. The zero-order chi connectivity index (χ0) is 9.68. The molecule has 0 bridgehead atoms. The van der Waals surface area contributed by atoms with Crippen molar-refractivity contribution in [2.45, 2.75) is 13.2 Å². The quantitative estimate of drug-likeness (QED) is 0.647. The lowest BCUT2D eigenvalue weighted by molar-refractivity contribution is -0.0587. The van der Waals surface area contributed by atoms with Crippen LogP contribution in [0.4, 0.5) is 0 Å². The first-order valence-corrected chi connectivity index (χ1v) is 4.19. The van der Waals surface area contributed by atoms with E-state index in [0.717, 1.165) is 11.3 Å². The van der Waals surface area contributed by atoms with Crippen LogP contribution in [-0.4, -0.2) is 13.4 Å². The van der Waals surface area contributed by atoms with E-state index in [-0.39, 0.29) is 6.29 Å². The third-order valence-corrected chi connectivity index (χ3v) is 1.77. The number of methoxy groups -OCH3 is 1. The number of ether oxygens (including phenoxy) is 2. The summed E-state index contributed by atoms with van der Waals surface area (Å²) >= 11 is 0. The van der Waals surface area contributed by atoms with Crippen molar-refractivity contribution in [3.8, 4) is 0 Å². The second-order valence-electron chi connectivity index (χ2n) is 2.59. The molecule has 1 heterocycles. The Morgan fingerprint density at radius 2 is 2.38 bits per heavy atom. The predicted octanol–water partition coefficient (Wildman–Crippen LogP) is 2.56. The Labute approximate surface area is 78.9 Å². The third kappa shape index (κ3) is 2.33. The van der Waals surface area contributed by atoms with Crippen LogP contribution >= 0.6 is 0 Å². The van der Waals surface area contributed by atoms with Gasteiger partial charge in [0.25, 0.3) is 0 Å². The second-order valence-corrected chi connectivity index (χ2v) is 2.59. The van der Waals surface area contributed by atoms with Gasteiger partial charge < -0.3 is 9.47 Å². The lowest BCUT2D eigenvalue weighted by Crippen LogP contribution is -2.16. The minimum absolute atomic E-state index is 0.283. The van der Waals surface area contributed by atoms with Gasteiger partial charge in [0.2, 0.25) is 6.29 Å². The van der Waals surface area contributed by atoms with Crippen LogP contribution in [0.15, 0.2) is 48.3 Å². The van der Waals surface area contributed by atoms with Crippen molar-refractivity contribution in [1.82, 2.24) is 0 Å². The van der Waals surface area contributed by atoms with Crippen LogP contribution in [0.25, 0.3) is 0 Å². The van der Waals surface area contributed by atoms with Crippen molar-refractivity contribution in [2.75, 3.05) is 7.11 Å². The van der Waals surface area contributed by atoms with E-state index in [2.05, 4.69) is 6.58 Å². The highest BCUT2D eigenvalue weighted by Gasteiger charge is 2.14. The Morgan fingerprint density at radius 1 is 1.62 bits per heavy atom. The van der Waals surface area contributed by atoms with Crippen LogP contribution in [0.1, 0.15) is 6.92 Å². The molecule has 0 saturated heterocycles. The first-order valence-electron chi connectivity index (χ1n) is 4.19. The number of hydrogen-bond acceptors (Lipinski definition) is 2. The van der Waals surface area contributed by atoms with Gasteiger partial charge in [0.05, 0.1) is 0 Å². The topological polar surface area (TPSA) is 18.5 Å². The highest BCUT2D eigenvalue weighted by molar-refractivity contribution is 5.39. The Bertz CT molecular complexity index is 272. The Kier molecular flexibility index (Phi) is 3.53. The van der Waals surface area contributed by atoms with Crippen molar-refractivity contribution in [3.05, 3.63) is 48.3 Å². The maximum atomic E-state index is 5.49. The van der Waals surface area contributed by atoms with Gasteiger partial charge in [0.15, 0.2) is 0 Å². The minimum Gasteiger partial charge on any atom is -0.461 e. The van der Waals surface area contributed by atoms with Gasteiger partial charge in [-0.2, -0.15) is 0 Å². The lowest BCUT2D eigenvalue weighted by Gasteiger charge is -2.21. The number of rotatable bonds is 2. The van der Waals surface area contributed by atoms with Gasteiger partial charge in [-0.3, -0.25) is 0 Å². The van der Waals surface area contributed by atoms with Crippen LogP contribution in [0.2, 0.25) is 0 Å². The van der Waals surface area contributed by atoms with E-state index in [0.29, 0.717) is 0 Å². The molecule has 1 unspecified atom stereocenters. The maximum Gasteiger partial charge on any atom is 0.219 e. The van der Waals surface area contributed by atoms with Gasteiger partial charge in [-0.15, -0.1) is 0 Å². The first kappa shape index (κ1) is 9.81. The SMILES string of the molecule is C=C/C=C1/OC(OC)C=C/C1=C/C. The molecular formula is C11H14O2. The predicted molar refractivity (Wildman–Crippen MR) is 53.1 cm³/mol. The third-order valence-electron chi connectivity index (χ3n) is 1.77. The molecule has 1 atom stereocenters. The minimum atomic E-state index is -0.283. The van der Waals surface area contributed by atoms with Gasteiger partial charge in [-0.25, -0.2) is 0 Å². The highest BCUT2D eigenvalue weighted by atomic mass is 16.7. The van der Waals surface area contributed by atoms with Crippen molar-refractivity contribution in [1.29, 1.82) is 0 Å². The van der Waals surface area contributed by atoms with Crippen LogP contribution in [0.5, 0.6) is 0 Å². The summed E-state index contributed by atoms with van der Waals surface area (Å²) in [4.78, 5) is 0. The Hall–Kier alpha value is -1.28. The fraction of sp³-hybridized carbons (Fsp3) is 0.273. The van der Waals surface area contributed by atoms with Gasteiger partial charge >= 0.3 is 0 Å². The van der Waals surface area contributed by atoms with Gasteiger partial charge in [-0.05, 0) is 25.2 Å². The van der Waals surface area contributed by atoms with E-state index in [1.165, 1.54) is 0 Å². The molecule has 70 valence electrons. The smallest absolute Gasteiger partial charge is 0.219 e. The van der Waals surface area contributed by atoms with Crippen LogP contribution in [0, 0.1) is 0 Å². The molecule has 0 fully saturated rings. The molecule has 0 aromatic carbocycles. The average molecular weight is 178 g/mol. The van der Waals surface area contributed by atoms with E-state index >= 15 is 0 Å². The van der Waals surface area contributed by atoms with E-state index < -0.39 is 0 Å². The largest absolute Gasteiger partial charge is 0.461 e. The molecule has 1 aliphatic rings. The van der Waals surface area contributed by atoms with Crippen molar-refractivity contribution in [2.24, 2.45) is 0 Å². The van der Waals surface area contributed by atoms with E-state index in [1.54, 1.807) is 13.2 Å². The molecule has 2 nitrogen and oxygen atoms in total. The van der Waals surface area contributed by atoms with Crippen molar-refractivity contribution < 1.29 is 9.47 Å². The summed E-state index contributed by atoms with van der Waals surface area (Å²) in [6.07, 6.45) is 9.07. The van der Waals surface area contributed by atoms with Gasteiger partial charge in [-0.1, -0.05) is 18.7 Å². The maximum absolute atomic E-state index is 5.49. The van der Waals surface area contributed by atoms with Crippen LogP contribution < -0.4 is 0 Å².